The summed E-state index contributed by atoms with van der Waals surface area (Å²) in [6.07, 6.45) is -4.02. The van der Waals surface area contributed by atoms with Crippen LogP contribution in [0, 0.1) is 6.92 Å². The lowest BCUT2D eigenvalue weighted by Crippen LogP contribution is -2.40. The number of hydrogen-bond donors (Lipinski definition) is 2. The topological polar surface area (TPSA) is 111 Å². The van der Waals surface area contributed by atoms with Crippen molar-refractivity contribution in [2.45, 2.75) is 57.3 Å². The lowest BCUT2D eigenvalue weighted by molar-refractivity contribution is -0.130. The molecule has 0 spiro atoms. The van der Waals surface area contributed by atoms with Gasteiger partial charge in [0.15, 0.2) is 0 Å². The molecule has 0 radical (unpaired) electrons. The summed E-state index contributed by atoms with van der Waals surface area (Å²) in [6.45, 7) is 1.68. The van der Waals surface area contributed by atoms with E-state index in [4.69, 9.17) is 27.4 Å². The summed E-state index contributed by atoms with van der Waals surface area (Å²) in [5, 5.41) is 13.6. The Morgan fingerprint density at radius 1 is 1.18 bits per heavy atom. The van der Waals surface area contributed by atoms with Gasteiger partial charge in [-0.2, -0.15) is 21.6 Å². The third-order valence-corrected chi connectivity index (χ3v) is 8.13. The summed E-state index contributed by atoms with van der Waals surface area (Å²) in [5.74, 6) is -1.52. The van der Waals surface area contributed by atoms with E-state index in [1.807, 2.05) is 0 Å². The molecule has 1 aliphatic rings. The largest absolute Gasteiger partial charge is 0.393 e. The lowest BCUT2D eigenvalue weighted by Gasteiger charge is -2.26. The molecule has 1 amide bonds. The first-order valence-electron chi connectivity index (χ1n) is 12.4. The van der Waals surface area contributed by atoms with Crippen LogP contribution >= 0.6 is 23.2 Å². The Morgan fingerprint density at radius 2 is 1.88 bits per heavy atom. The van der Waals surface area contributed by atoms with E-state index in [-0.39, 0.29) is 22.5 Å². The molecule has 2 atom stereocenters. The van der Waals surface area contributed by atoms with Crippen LogP contribution in [0.2, 0.25) is 10.0 Å². The predicted molar refractivity (Wildman–Crippen MR) is 145 cm³/mol. The molecule has 2 aromatic carbocycles. The number of amides is 1. The molecular weight excluding hydrogens is 594 g/mol. The fourth-order valence-electron chi connectivity index (χ4n) is 4.51. The van der Waals surface area contributed by atoms with Crippen molar-refractivity contribution in [3.63, 3.8) is 0 Å². The number of carbonyl (C=O) groups excluding carboxylic acids is 1. The Hall–Kier alpha value is -2.80. The zero-order chi connectivity index (χ0) is 29.2. The van der Waals surface area contributed by atoms with E-state index in [2.05, 4.69) is 10.3 Å². The van der Waals surface area contributed by atoms with Crippen molar-refractivity contribution in [1.82, 2.24) is 14.9 Å². The van der Waals surface area contributed by atoms with Crippen LogP contribution in [-0.4, -0.2) is 53.1 Å². The zero-order valence-electron chi connectivity index (χ0n) is 21.2. The van der Waals surface area contributed by atoms with Crippen LogP contribution in [0.4, 0.5) is 13.2 Å². The first kappa shape index (κ1) is 30.2. The molecule has 1 aliphatic carbocycles. The molecule has 1 heterocycles. The van der Waals surface area contributed by atoms with Crippen molar-refractivity contribution < 1.29 is 35.7 Å². The second-order valence-corrected chi connectivity index (χ2v) is 12.1. The third-order valence-electron chi connectivity index (χ3n) is 6.43. The van der Waals surface area contributed by atoms with E-state index in [1.54, 1.807) is 23.6 Å². The monoisotopic (exact) mass is 619 g/mol. The predicted octanol–water partition coefficient (Wildman–Crippen LogP) is 5.85. The maximum absolute atomic E-state index is 13.3. The smallest absolute Gasteiger partial charge is 0.390 e. The number of carbonyl (C=O) groups is 1. The second-order valence-electron chi connectivity index (χ2n) is 9.52. The van der Waals surface area contributed by atoms with E-state index < -0.39 is 40.5 Å². The molecule has 8 nitrogen and oxygen atoms in total. The molecular formula is C26H26Cl2F3N3O5S. The third kappa shape index (κ3) is 7.48. The quantitative estimate of drug-likeness (QED) is 0.306. The fraction of sp³-hybridized carbons (Fsp3) is 0.385. The molecule has 0 saturated heterocycles. The van der Waals surface area contributed by atoms with Crippen molar-refractivity contribution in [2.75, 3.05) is 5.75 Å². The summed E-state index contributed by atoms with van der Waals surface area (Å²) in [5.41, 5.74) is 1.49. The van der Waals surface area contributed by atoms with E-state index in [9.17, 15) is 31.5 Å². The van der Waals surface area contributed by atoms with Crippen molar-refractivity contribution >= 4 is 39.2 Å². The maximum Gasteiger partial charge on any atom is 0.390 e. The normalized spacial score (nSPS) is 18.0. The van der Waals surface area contributed by atoms with Gasteiger partial charge < -0.3 is 14.6 Å². The standard InChI is InChI=1S/C26H26Cl2F3N3O5S/c1-15-23(25(36)32-17-3-2-4-19(35)14-17)33-24(21-10-5-16(27)13-22(21)28)34(15)18-6-8-20(9-7-18)39-40(37,38)12-11-26(29,30)31/h5-10,13,17,19,35H,2-4,11-12,14H2,1H3,(H,32,36)/t17-,19+/m0/s1. The highest BCUT2D eigenvalue weighted by Crippen LogP contribution is 2.34. The highest BCUT2D eigenvalue weighted by atomic mass is 35.5. The highest BCUT2D eigenvalue weighted by molar-refractivity contribution is 7.87. The minimum atomic E-state index is -4.64. The number of rotatable bonds is 8. The van der Waals surface area contributed by atoms with E-state index in [0.717, 1.165) is 12.8 Å². The first-order chi connectivity index (χ1) is 18.7. The van der Waals surface area contributed by atoms with E-state index in [0.29, 0.717) is 40.6 Å². The minimum absolute atomic E-state index is 0.121. The van der Waals surface area contributed by atoms with Crippen LogP contribution in [0.25, 0.3) is 17.1 Å². The molecule has 1 saturated carbocycles. The number of aliphatic hydroxyl groups is 1. The van der Waals surface area contributed by atoms with Crippen molar-refractivity contribution in [3.05, 3.63) is 63.9 Å². The Labute approximate surface area is 239 Å². The Morgan fingerprint density at radius 3 is 2.50 bits per heavy atom. The summed E-state index contributed by atoms with van der Waals surface area (Å²) in [7, 11) is -4.48. The first-order valence-corrected chi connectivity index (χ1v) is 14.7. The average molecular weight is 620 g/mol. The SMILES string of the molecule is Cc1c(C(=O)N[C@H]2CCC[C@@H](O)C2)nc(-c2ccc(Cl)cc2Cl)n1-c1ccc(OS(=O)(=O)CCC(F)(F)F)cc1. The summed E-state index contributed by atoms with van der Waals surface area (Å²) < 4.78 is 67.8. The van der Waals surface area contributed by atoms with Crippen LogP contribution in [0.5, 0.6) is 5.75 Å². The molecule has 1 aromatic heterocycles. The lowest BCUT2D eigenvalue weighted by atomic mass is 9.93. The van der Waals surface area contributed by atoms with Gasteiger partial charge in [-0.1, -0.05) is 23.2 Å². The number of nitrogens with zero attached hydrogens (tertiary/aromatic N) is 2. The van der Waals surface area contributed by atoms with Gasteiger partial charge in [-0.05, 0) is 75.1 Å². The van der Waals surface area contributed by atoms with Crippen LogP contribution in [0.1, 0.15) is 48.3 Å². The summed E-state index contributed by atoms with van der Waals surface area (Å²) in [6, 6.07) is 10.1. The van der Waals surface area contributed by atoms with Gasteiger partial charge in [0.2, 0.25) is 0 Å². The molecule has 4 rings (SSSR count). The molecule has 216 valence electrons. The van der Waals surface area contributed by atoms with Crippen LogP contribution in [0.3, 0.4) is 0 Å². The van der Waals surface area contributed by atoms with E-state index in [1.165, 1.54) is 30.3 Å². The fourth-order valence-corrected chi connectivity index (χ4v) is 5.97. The molecule has 0 aliphatic heterocycles. The molecule has 2 N–H and O–H groups in total. The van der Waals surface area contributed by atoms with Crippen molar-refractivity contribution in [2.24, 2.45) is 0 Å². The van der Waals surface area contributed by atoms with Crippen molar-refractivity contribution in [1.29, 1.82) is 0 Å². The Kier molecular flexibility index (Phi) is 9.03. The van der Waals surface area contributed by atoms with Gasteiger partial charge in [-0.3, -0.25) is 9.36 Å². The van der Waals surface area contributed by atoms with Crippen LogP contribution in [-0.2, 0) is 10.1 Å². The highest BCUT2D eigenvalue weighted by Gasteiger charge is 2.31. The molecule has 40 heavy (non-hydrogen) atoms. The number of aliphatic hydroxyl groups excluding tert-OH is 1. The van der Waals surface area contributed by atoms with Gasteiger partial charge >= 0.3 is 16.3 Å². The number of halogens is 5. The molecule has 1 fully saturated rings. The zero-order valence-corrected chi connectivity index (χ0v) is 23.5. The summed E-state index contributed by atoms with van der Waals surface area (Å²) in [4.78, 5) is 17.8. The Bertz CT molecular complexity index is 1490. The van der Waals surface area contributed by atoms with Crippen LogP contribution in [0.15, 0.2) is 42.5 Å². The van der Waals surface area contributed by atoms with Gasteiger partial charge in [0.05, 0.1) is 29.0 Å². The van der Waals surface area contributed by atoms with Crippen molar-refractivity contribution in [3.8, 4) is 22.8 Å². The molecule has 0 unspecified atom stereocenters. The van der Waals surface area contributed by atoms with Crippen LogP contribution < -0.4 is 9.50 Å². The van der Waals surface area contributed by atoms with Gasteiger partial charge in [0, 0.05) is 22.3 Å². The molecule has 3 aromatic rings. The number of imidazole rings is 1. The Balaban J connectivity index is 1.68. The number of nitrogens with one attached hydrogen (secondary N) is 1. The number of alkyl halides is 3. The van der Waals surface area contributed by atoms with Gasteiger partial charge in [-0.15, -0.1) is 0 Å². The molecule has 0 bridgehead atoms. The number of hydrogen-bond acceptors (Lipinski definition) is 6. The average Bonchev–Trinajstić information content (AvgIpc) is 3.19. The van der Waals surface area contributed by atoms with Gasteiger partial charge in [0.1, 0.15) is 17.3 Å². The van der Waals surface area contributed by atoms with Gasteiger partial charge in [-0.25, -0.2) is 4.98 Å². The van der Waals surface area contributed by atoms with Gasteiger partial charge in [0.25, 0.3) is 5.91 Å². The van der Waals surface area contributed by atoms with E-state index >= 15 is 0 Å². The number of benzene rings is 2. The summed E-state index contributed by atoms with van der Waals surface area (Å²) >= 11 is 12.5. The second kappa shape index (κ2) is 12.0. The maximum atomic E-state index is 13.3. The minimum Gasteiger partial charge on any atom is -0.393 e. The molecule has 14 heteroatoms. The number of aromatic nitrogens is 2.